The van der Waals surface area contributed by atoms with Crippen LogP contribution in [0.3, 0.4) is 0 Å². The molecule has 0 spiro atoms. The third kappa shape index (κ3) is 3.14. The van der Waals surface area contributed by atoms with Crippen molar-refractivity contribution in [1.82, 2.24) is 19.5 Å². The number of aromatic nitrogens is 4. The lowest BCUT2D eigenvalue weighted by Gasteiger charge is -2.44. The number of fused-ring (bicyclic) bond motifs is 3. The van der Waals surface area contributed by atoms with E-state index in [1.807, 2.05) is 34.9 Å². The van der Waals surface area contributed by atoms with Gasteiger partial charge in [0.25, 0.3) is 0 Å². The fourth-order valence-electron chi connectivity index (χ4n) is 4.67. The molecule has 0 amide bonds. The maximum absolute atomic E-state index is 10.2. The number of nitrogens with zero attached hydrogens (tertiary/aromatic N) is 4. The van der Waals surface area contributed by atoms with Crippen molar-refractivity contribution < 1.29 is 19.3 Å². The van der Waals surface area contributed by atoms with Gasteiger partial charge in [-0.25, -0.2) is 15.0 Å². The Hall–Kier alpha value is -2.59. The van der Waals surface area contributed by atoms with Gasteiger partial charge in [0.2, 0.25) is 0 Å². The van der Waals surface area contributed by atoms with Crippen LogP contribution in [-0.4, -0.2) is 62.3 Å². The van der Waals surface area contributed by atoms with Crippen LogP contribution in [0.4, 0.5) is 5.82 Å². The summed E-state index contributed by atoms with van der Waals surface area (Å²) in [5.74, 6) is 0.208. The van der Waals surface area contributed by atoms with Gasteiger partial charge in [-0.15, -0.1) is 0 Å². The van der Waals surface area contributed by atoms with Gasteiger partial charge in [-0.3, -0.25) is 0 Å². The number of aliphatic hydroxyl groups excluding tert-OH is 1. The van der Waals surface area contributed by atoms with E-state index in [1.165, 1.54) is 6.33 Å². The molecule has 0 aliphatic carbocycles. The van der Waals surface area contributed by atoms with Crippen molar-refractivity contribution in [2.45, 2.75) is 30.8 Å². The van der Waals surface area contributed by atoms with Gasteiger partial charge in [0.05, 0.1) is 45.9 Å². The molecule has 5 rings (SSSR count). The number of benzene rings is 1. The van der Waals surface area contributed by atoms with Gasteiger partial charge in [0.1, 0.15) is 23.0 Å². The second kappa shape index (κ2) is 7.59. The van der Waals surface area contributed by atoms with E-state index in [2.05, 4.69) is 15.0 Å². The number of hydrogen-bond donors (Lipinski definition) is 2. The van der Waals surface area contributed by atoms with Crippen LogP contribution in [0.5, 0.6) is 0 Å². The monoisotopic (exact) mass is 411 g/mol. The van der Waals surface area contributed by atoms with Gasteiger partial charge in [-0.2, -0.15) is 0 Å². The number of nitrogens with two attached hydrogens (primary N) is 1. The highest BCUT2D eigenvalue weighted by molar-refractivity contribution is 5.81. The molecular weight excluding hydrogens is 386 g/mol. The summed E-state index contributed by atoms with van der Waals surface area (Å²) in [6.45, 7) is 2.19. The van der Waals surface area contributed by atoms with Crippen LogP contribution in [0.15, 0.2) is 43.0 Å². The maximum Gasteiger partial charge on any atom is 0.165 e. The Morgan fingerprint density at radius 3 is 2.87 bits per heavy atom. The average molecular weight is 411 g/mol. The zero-order chi connectivity index (χ0) is 20.6. The van der Waals surface area contributed by atoms with E-state index in [1.54, 1.807) is 6.33 Å². The molecule has 2 bridgehead atoms. The molecule has 1 aromatic carbocycles. The topological polar surface area (TPSA) is 118 Å². The summed E-state index contributed by atoms with van der Waals surface area (Å²) < 4.78 is 20.5. The van der Waals surface area contributed by atoms with Crippen molar-refractivity contribution in [2.24, 2.45) is 5.92 Å². The fourth-order valence-corrected chi connectivity index (χ4v) is 4.67. The smallest absolute Gasteiger partial charge is 0.165 e. The second-order valence-electron chi connectivity index (χ2n) is 8.03. The van der Waals surface area contributed by atoms with Crippen LogP contribution in [0.25, 0.3) is 11.2 Å². The Bertz CT molecular complexity index is 1030. The standard InChI is InChI=1S/C21H25N5O4/c22-18-17-19(24-13-23-18)26(14-25-17)10-21-12-30-20(11-27,6-7-29-21)16(21)9-28-8-15-4-2-1-3-5-15/h1-5,13-14,16,27H,6-12H2,(H2,22,23,24). The van der Waals surface area contributed by atoms with Crippen LogP contribution in [0.1, 0.15) is 12.0 Å². The first-order chi connectivity index (χ1) is 14.7. The summed E-state index contributed by atoms with van der Waals surface area (Å²) in [6.07, 6.45) is 3.76. The molecule has 3 N–H and O–H groups in total. The van der Waals surface area contributed by atoms with Gasteiger partial charge in [-0.05, 0) is 5.56 Å². The molecular formula is C21H25N5O4. The second-order valence-corrected chi connectivity index (χ2v) is 8.03. The number of anilines is 1. The van der Waals surface area contributed by atoms with Gasteiger partial charge in [-0.1, -0.05) is 30.3 Å². The number of aliphatic hydroxyl groups is 1. The highest BCUT2D eigenvalue weighted by Crippen LogP contribution is 2.48. The van der Waals surface area contributed by atoms with E-state index in [4.69, 9.17) is 19.9 Å². The third-order valence-electron chi connectivity index (χ3n) is 6.32. The lowest BCUT2D eigenvalue weighted by atomic mass is 9.75. The molecule has 9 heteroatoms. The predicted octanol–water partition coefficient (Wildman–Crippen LogP) is 1.16. The molecule has 2 saturated heterocycles. The zero-order valence-corrected chi connectivity index (χ0v) is 16.6. The van der Waals surface area contributed by atoms with Crippen molar-refractivity contribution >= 4 is 17.0 Å². The number of imidazole rings is 1. The van der Waals surface area contributed by atoms with Crippen LogP contribution in [0, 0.1) is 5.92 Å². The number of nitrogen functional groups attached to an aromatic ring is 1. The summed E-state index contributed by atoms with van der Waals surface area (Å²) in [7, 11) is 0. The Kier molecular flexibility index (Phi) is 4.90. The molecule has 3 atom stereocenters. The number of rotatable bonds is 7. The van der Waals surface area contributed by atoms with Gasteiger partial charge >= 0.3 is 0 Å². The first-order valence-electron chi connectivity index (χ1n) is 10.1. The summed E-state index contributed by atoms with van der Waals surface area (Å²) in [5.41, 5.74) is 6.93. The first kappa shape index (κ1) is 19.4. The zero-order valence-electron chi connectivity index (χ0n) is 16.6. The minimum absolute atomic E-state index is 0.0722. The van der Waals surface area contributed by atoms with E-state index >= 15 is 0 Å². The molecule has 2 aromatic heterocycles. The molecule has 0 saturated carbocycles. The van der Waals surface area contributed by atoms with E-state index in [9.17, 15) is 5.11 Å². The van der Waals surface area contributed by atoms with Crippen LogP contribution < -0.4 is 5.73 Å². The van der Waals surface area contributed by atoms with Crippen LogP contribution in [-0.2, 0) is 27.4 Å². The summed E-state index contributed by atoms with van der Waals surface area (Å²) in [5, 5.41) is 10.2. The maximum atomic E-state index is 10.2. The highest BCUT2D eigenvalue weighted by Gasteiger charge is 2.62. The lowest BCUT2D eigenvalue weighted by Crippen LogP contribution is -2.57. The van der Waals surface area contributed by atoms with E-state index in [0.29, 0.717) is 56.4 Å². The minimum Gasteiger partial charge on any atom is -0.393 e. The molecule has 2 fully saturated rings. The lowest BCUT2D eigenvalue weighted by molar-refractivity contribution is -0.160. The number of hydrogen-bond acceptors (Lipinski definition) is 8. The summed E-state index contributed by atoms with van der Waals surface area (Å²) in [6, 6.07) is 10.0. The molecule has 4 heterocycles. The molecule has 3 unspecified atom stereocenters. The molecule has 2 aliphatic heterocycles. The largest absolute Gasteiger partial charge is 0.393 e. The molecule has 30 heavy (non-hydrogen) atoms. The molecule has 3 aromatic rings. The van der Waals surface area contributed by atoms with Crippen molar-refractivity contribution in [3.8, 4) is 0 Å². The van der Waals surface area contributed by atoms with Crippen molar-refractivity contribution in [1.29, 1.82) is 0 Å². The molecule has 158 valence electrons. The van der Waals surface area contributed by atoms with Crippen LogP contribution >= 0.6 is 0 Å². The predicted molar refractivity (Wildman–Crippen MR) is 108 cm³/mol. The van der Waals surface area contributed by atoms with Gasteiger partial charge in [0, 0.05) is 12.3 Å². The average Bonchev–Trinajstić information content (AvgIpc) is 3.24. The quantitative estimate of drug-likeness (QED) is 0.595. The van der Waals surface area contributed by atoms with E-state index in [0.717, 1.165) is 5.56 Å². The van der Waals surface area contributed by atoms with Crippen LogP contribution in [0.2, 0.25) is 0 Å². The Balaban J connectivity index is 1.41. The summed E-state index contributed by atoms with van der Waals surface area (Å²) >= 11 is 0. The Morgan fingerprint density at radius 2 is 2.03 bits per heavy atom. The van der Waals surface area contributed by atoms with Crippen molar-refractivity contribution in [3.05, 3.63) is 48.5 Å². The SMILES string of the molecule is Nc1ncnc2c1ncn2CC12COC(CO)(CCO1)C2COCc1ccccc1. The Labute approximate surface area is 173 Å². The van der Waals surface area contributed by atoms with Gasteiger partial charge in [0.15, 0.2) is 11.5 Å². The molecule has 0 radical (unpaired) electrons. The van der Waals surface area contributed by atoms with E-state index in [-0.39, 0.29) is 12.5 Å². The van der Waals surface area contributed by atoms with Gasteiger partial charge < -0.3 is 29.6 Å². The van der Waals surface area contributed by atoms with E-state index < -0.39 is 11.2 Å². The fraction of sp³-hybridized carbons (Fsp3) is 0.476. The third-order valence-corrected chi connectivity index (χ3v) is 6.32. The van der Waals surface area contributed by atoms with Crippen molar-refractivity contribution in [3.63, 3.8) is 0 Å². The Morgan fingerprint density at radius 1 is 1.17 bits per heavy atom. The van der Waals surface area contributed by atoms with Crippen molar-refractivity contribution in [2.75, 3.05) is 32.2 Å². The number of ether oxygens (including phenoxy) is 3. The molecule has 2 aliphatic rings. The first-order valence-corrected chi connectivity index (χ1v) is 10.1. The highest BCUT2D eigenvalue weighted by atomic mass is 16.6. The summed E-state index contributed by atoms with van der Waals surface area (Å²) in [4.78, 5) is 12.7. The minimum atomic E-state index is -0.667. The normalized spacial score (nSPS) is 28.2. The molecule has 9 nitrogen and oxygen atoms in total.